The number of hydrogen-bond acceptors (Lipinski definition) is 6. The summed E-state index contributed by atoms with van der Waals surface area (Å²) in [5, 5.41) is 3.25. The number of halogens is 1. The molecule has 0 spiro atoms. The number of carbonyl (C=O) groups excluding carboxylic acids is 1. The lowest BCUT2D eigenvalue weighted by Gasteiger charge is -2.20. The van der Waals surface area contributed by atoms with Gasteiger partial charge in [0.2, 0.25) is 0 Å². The first-order valence-corrected chi connectivity index (χ1v) is 11.8. The maximum Gasteiger partial charge on any atom is 0.328 e. The number of ether oxygens (including phenoxy) is 2. The molecule has 36 heavy (non-hydrogen) atoms. The number of nitrogens with one attached hydrogen (secondary N) is 1. The van der Waals surface area contributed by atoms with Gasteiger partial charge in [-0.25, -0.2) is 19.2 Å². The van der Waals surface area contributed by atoms with Gasteiger partial charge in [0, 0.05) is 18.4 Å². The fourth-order valence-corrected chi connectivity index (χ4v) is 3.90. The van der Waals surface area contributed by atoms with Crippen LogP contribution in [0.2, 0.25) is 0 Å². The van der Waals surface area contributed by atoms with E-state index in [0.29, 0.717) is 35.8 Å². The van der Waals surface area contributed by atoms with E-state index < -0.39 is 12.0 Å². The number of esters is 1. The molecular formula is C29H28FN3O3. The zero-order chi connectivity index (χ0) is 25.3. The first-order chi connectivity index (χ1) is 17.6. The second-order valence-corrected chi connectivity index (χ2v) is 8.23. The van der Waals surface area contributed by atoms with E-state index in [9.17, 15) is 9.18 Å². The smallest absolute Gasteiger partial charge is 0.328 e. The third-order valence-electron chi connectivity index (χ3n) is 5.63. The summed E-state index contributed by atoms with van der Waals surface area (Å²) in [6, 6.07) is 22.9. The van der Waals surface area contributed by atoms with Gasteiger partial charge in [-0.2, -0.15) is 0 Å². The van der Waals surface area contributed by atoms with Crippen LogP contribution in [0.25, 0.3) is 11.3 Å². The van der Waals surface area contributed by atoms with Crippen LogP contribution in [0.4, 0.5) is 10.2 Å². The Balaban J connectivity index is 1.69. The first kappa shape index (κ1) is 24.9. The van der Waals surface area contributed by atoms with Gasteiger partial charge >= 0.3 is 5.97 Å². The van der Waals surface area contributed by atoms with E-state index in [1.165, 1.54) is 12.1 Å². The summed E-state index contributed by atoms with van der Waals surface area (Å²) in [4.78, 5) is 22.4. The summed E-state index contributed by atoms with van der Waals surface area (Å²) in [5.74, 6) is 0.427. The SMILES string of the molecule is CCOC(=O)C(Cc1cccc(OC)c1)Nc1ncc(-c2ccccc2)nc1Cc1cccc(F)c1. The van der Waals surface area contributed by atoms with E-state index in [1.54, 1.807) is 26.3 Å². The minimum absolute atomic E-state index is 0.254. The van der Waals surface area contributed by atoms with Gasteiger partial charge < -0.3 is 14.8 Å². The van der Waals surface area contributed by atoms with Gasteiger partial charge in [0.15, 0.2) is 0 Å². The van der Waals surface area contributed by atoms with Crippen molar-refractivity contribution in [1.82, 2.24) is 9.97 Å². The van der Waals surface area contributed by atoms with Crippen molar-refractivity contribution in [3.8, 4) is 17.0 Å². The Kier molecular flexibility index (Phi) is 8.24. The minimum Gasteiger partial charge on any atom is -0.497 e. The second kappa shape index (κ2) is 11.9. The van der Waals surface area contributed by atoms with E-state index in [0.717, 1.165) is 16.7 Å². The quantitative estimate of drug-likeness (QED) is 0.300. The number of anilines is 1. The van der Waals surface area contributed by atoms with Crippen LogP contribution < -0.4 is 10.1 Å². The summed E-state index contributed by atoms with van der Waals surface area (Å²) >= 11 is 0. The molecule has 0 radical (unpaired) electrons. The van der Waals surface area contributed by atoms with Crippen molar-refractivity contribution in [1.29, 1.82) is 0 Å². The summed E-state index contributed by atoms with van der Waals surface area (Å²) in [6.07, 6.45) is 2.36. The Bertz CT molecular complexity index is 1310. The number of carbonyl (C=O) groups is 1. The molecule has 4 aromatic rings. The molecule has 1 atom stereocenters. The van der Waals surface area contributed by atoms with Crippen molar-refractivity contribution in [2.45, 2.75) is 25.8 Å². The topological polar surface area (TPSA) is 73.3 Å². The van der Waals surface area contributed by atoms with Crippen LogP contribution in [-0.4, -0.2) is 35.7 Å². The van der Waals surface area contributed by atoms with Crippen LogP contribution in [-0.2, 0) is 22.4 Å². The van der Waals surface area contributed by atoms with E-state index in [2.05, 4.69) is 10.3 Å². The Morgan fingerprint density at radius 3 is 2.53 bits per heavy atom. The van der Waals surface area contributed by atoms with Crippen molar-refractivity contribution in [3.05, 3.63) is 108 Å². The van der Waals surface area contributed by atoms with Gasteiger partial charge in [-0.1, -0.05) is 54.6 Å². The van der Waals surface area contributed by atoms with Gasteiger partial charge in [-0.3, -0.25) is 0 Å². The van der Waals surface area contributed by atoms with E-state index in [1.807, 2.05) is 60.7 Å². The third kappa shape index (κ3) is 6.44. The third-order valence-corrected chi connectivity index (χ3v) is 5.63. The highest BCUT2D eigenvalue weighted by molar-refractivity contribution is 5.79. The highest BCUT2D eigenvalue weighted by Crippen LogP contribution is 2.24. The molecule has 1 N–H and O–H groups in total. The Labute approximate surface area is 210 Å². The van der Waals surface area contributed by atoms with Crippen molar-refractivity contribution in [3.63, 3.8) is 0 Å². The van der Waals surface area contributed by atoms with Gasteiger partial charge in [-0.05, 0) is 42.3 Å². The number of methoxy groups -OCH3 is 1. The van der Waals surface area contributed by atoms with Gasteiger partial charge in [0.1, 0.15) is 23.4 Å². The molecule has 0 aliphatic carbocycles. The van der Waals surface area contributed by atoms with Gasteiger partial charge in [0.05, 0.1) is 31.3 Å². The molecule has 0 bridgehead atoms. The van der Waals surface area contributed by atoms with Crippen molar-refractivity contribution >= 4 is 11.8 Å². The molecule has 0 amide bonds. The number of rotatable bonds is 10. The molecule has 6 nitrogen and oxygen atoms in total. The average Bonchev–Trinajstić information content (AvgIpc) is 2.90. The average molecular weight is 486 g/mol. The lowest BCUT2D eigenvalue weighted by Crippen LogP contribution is -2.34. The van der Waals surface area contributed by atoms with Crippen molar-refractivity contribution in [2.24, 2.45) is 0 Å². The van der Waals surface area contributed by atoms with Crippen LogP contribution in [0.5, 0.6) is 5.75 Å². The second-order valence-electron chi connectivity index (χ2n) is 8.23. The van der Waals surface area contributed by atoms with Crippen LogP contribution in [0.1, 0.15) is 23.7 Å². The van der Waals surface area contributed by atoms with Crippen molar-refractivity contribution in [2.75, 3.05) is 19.0 Å². The maximum atomic E-state index is 13.9. The maximum absolute atomic E-state index is 13.9. The first-order valence-electron chi connectivity index (χ1n) is 11.8. The van der Waals surface area contributed by atoms with Crippen molar-refractivity contribution < 1.29 is 18.7 Å². The molecule has 184 valence electrons. The van der Waals surface area contributed by atoms with E-state index in [-0.39, 0.29) is 12.4 Å². The largest absolute Gasteiger partial charge is 0.497 e. The summed E-state index contributed by atoms with van der Waals surface area (Å²) in [6.45, 7) is 2.02. The highest BCUT2D eigenvalue weighted by Gasteiger charge is 2.23. The molecule has 4 rings (SSSR count). The highest BCUT2D eigenvalue weighted by atomic mass is 19.1. The number of nitrogens with zero attached hydrogens (tertiary/aromatic N) is 2. The lowest BCUT2D eigenvalue weighted by atomic mass is 10.0. The molecule has 1 unspecified atom stereocenters. The molecule has 0 saturated carbocycles. The number of benzene rings is 3. The van der Waals surface area contributed by atoms with Crippen LogP contribution in [0.15, 0.2) is 85.1 Å². The zero-order valence-electron chi connectivity index (χ0n) is 20.3. The van der Waals surface area contributed by atoms with Gasteiger partial charge in [0.25, 0.3) is 0 Å². The summed E-state index contributed by atoms with van der Waals surface area (Å²) in [5.41, 5.74) is 3.85. The minimum atomic E-state index is -0.708. The lowest BCUT2D eigenvalue weighted by molar-refractivity contribution is -0.144. The molecule has 0 aliphatic heterocycles. The van der Waals surface area contributed by atoms with E-state index in [4.69, 9.17) is 14.5 Å². The number of hydrogen-bond donors (Lipinski definition) is 1. The molecule has 0 aliphatic rings. The number of aromatic nitrogens is 2. The standard InChI is InChI=1S/C29H28FN3O3/c1-3-36-29(34)26(18-21-10-8-14-24(16-21)35-2)33-28-25(17-20-9-7-13-23(30)15-20)32-27(19-31-28)22-11-5-4-6-12-22/h4-16,19,26H,3,17-18H2,1-2H3,(H,31,33). The fourth-order valence-electron chi connectivity index (χ4n) is 3.90. The van der Waals surface area contributed by atoms with Crippen LogP contribution in [0, 0.1) is 5.82 Å². The fraction of sp³-hybridized carbons (Fsp3) is 0.207. The predicted octanol–water partition coefficient (Wildman–Crippen LogP) is 5.47. The molecular weight excluding hydrogens is 457 g/mol. The monoisotopic (exact) mass is 485 g/mol. The van der Waals surface area contributed by atoms with Crippen LogP contribution in [0.3, 0.4) is 0 Å². The normalized spacial score (nSPS) is 11.5. The predicted molar refractivity (Wildman–Crippen MR) is 137 cm³/mol. The molecule has 0 saturated heterocycles. The molecule has 3 aromatic carbocycles. The molecule has 0 fully saturated rings. The zero-order valence-corrected chi connectivity index (χ0v) is 20.3. The van der Waals surface area contributed by atoms with Crippen LogP contribution >= 0.6 is 0 Å². The molecule has 1 aromatic heterocycles. The summed E-state index contributed by atoms with van der Waals surface area (Å²) < 4.78 is 24.6. The summed E-state index contributed by atoms with van der Waals surface area (Å²) in [7, 11) is 1.60. The van der Waals surface area contributed by atoms with Gasteiger partial charge in [-0.15, -0.1) is 0 Å². The Morgan fingerprint density at radius 1 is 1.00 bits per heavy atom. The van der Waals surface area contributed by atoms with E-state index >= 15 is 0 Å². The molecule has 1 heterocycles. The molecule has 7 heteroatoms. The Morgan fingerprint density at radius 2 is 1.78 bits per heavy atom. The Hall–Kier alpha value is -4.26.